The normalized spacial score (nSPS) is 11.6. The number of hydrogen-bond donors (Lipinski definition) is 2. The number of esters is 1. The van der Waals surface area contributed by atoms with Gasteiger partial charge in [0.05, 0.1) is 12.0 Å². The molecule has 1 heterocycles. The van der Waals surface area contributed by atoms with Gasteiger partial charge in [0.2, 0.25) is 0 Å². The molecule has 0 unspecified atom stereocenters. The van der Waals surface area contributed by atoms with E-state index in [1.54, 1.807) is 44.2 Å². The number of benzene rings is 2. The highest BCUT2D eigenvalue weighted by Crippen LogP contribution is 2.33. The van der Waals surface area contributed by atoms with Crippen molar-refractivity contribution in [2.75, 3.05) is 11.9 Å². The van der Waals surface area contributed by atoms with E-state index in [0.29, 0.717) is 10.7 Å². The lowest BCUT2D eigenvalue weighted by molar-refractivity contribution is -0.150. The number of carbonyl (C=O) groups is 3. The molecule has 0 radical (unpaired) electrons. The molecule has 0 aliphatic carbocycles. The maximum atomic E-state index is 12.5. The van der Waals surface area contributed by atoms with Crippen LogP contribution in [-0.4, -0.2) is 30.4 Å². The maximum Gasteiger partial charge on any atom is 0.329 e. The number of hydrogen-bond acceptors (Lipinski definition) is 6. The predicted octanol–water partition coefficient (Wildman–Crippen LogP) is 5.02. The monoisotopic (exact) mass is 486 g/mol. The quantitative estimate of drug-likeness (QED) is 0.412. The Morgan fingerprint density at radius 3 is 2.42 bits per heavy atom. The molecule has 0 saturated carbocycles. The second-order valence-corrected chi connectivity index (χ2v) is 8.93. The standard InChI is InChI=1S/C24H23ClN2O5S/c1-15(2)22(27-23(29)19-7-5-13-31-19)24(30)32-14-21(28)26-18-6-3-4-8-20(18)33-17-11-9-16(25)10-12-17/h3-13,15,22H,14H2,1-2H3,(H,26,28)(H,27,29)/t22-/m0/s1. The molecular weight excluding hydrogens is 464 g/mol. The van der Waals surface area contributed by atoms with Crippen molar-refractivity contribution in [1.29, 1.82) is 0 Å². The van der Waals surface area contributed by atoms with E-state index in [4.69, 9.17) is 20.8 Å². The van der Waals surface area contributed by atoms with Crippen molar-refractivity contribution < 1.29 is 23.5 Å². The summed E-state index contributed by atoms with van der Waals surface area (Å²) in [4.78, 5) is 39.0. The van der Waals surface area contributed by atoms with Crippen LogP contribution in [0.5, 0.6) is 0 Å². The molecule has 2 amide bonds. The SMILES string of the molecule is CC(C)[C@H](NC(=O)c1ccco1)C(=O)OCC(=O)Nc1ccccc1Sc1ccc(Cl)cc1. The molecule has 0 spiro atoms. The van der Waals surface area contributed by atoms with Crippen molar-refractivity contribution in [3.8, 4) is 0 Å². The number of furan rings is 1. The van der Waals surface area contributed by atoms with Crippen LogP contribution in [-0.2, 0) is 14.3 Å². The largest absolute Gasteiger partial charge is 0.459 e. The average Bonchev–Trinajstić information content (AvgIpc) is 3.33. The smallest absolute Gasteiger partial charge is 0.329 e. The molecule has 7 nitrogen and oxygen atoms in total. The zero-order chi connectivity index (χ0) is 23.8. The molecule has 3 rings (SSSR count). The minimum Gasteiger partial charge on any atom is -0.459 e. The van der Waals surface area contributed by atoms with E-state index in [2.05, 4.69) is 10.6 Å². The van der Waals surface area contributed by atoms with Crippen molar-refractivity contribution >= 4 is 46.8 Å². The van der Waals surface area contributed by atoms with Gasteiger partial charge in [-0.25, -0.2) is 4.79 Å². The van der Waals surface area contributed by atoms with Gasteiger partial charge < -0.3 is 19.8 Å². The number of amides is 2. The molecular formula is C24H23ClN2O5S. The topological polar surface area (TPSA) is 97.6 Å². The number of anilines is 1. The molecule has 0 bridgehead atoms. The van der Waals surface area contributed by atoms with E-state index in [1.165, 1.54) is 24.1 Å². The van der Waals surface area contributed by atoms with E-state index in [1.807, 2.05) is 24.3 Å². The van der Waals surface area contributed by atoms with Crippen molar-refractivity contribution in [1.82, 2.24) is 5.32 Å². The Bertz CT molecular complexity index is 1100. The maximum absolute atomic E-state index is 12.5. The fourth-order valence-corrected chi connectivity index (χ4v) is 3.85. The van der Waals surface area contributed by atoms with Crippen LogP contribution < -0.4 is 10.6 Å². The van der Waals surface area contributed by atoms with Crippen LogP contribution in [0.2, 0.25) is 5.02 Å². The van der Waals surface area contributed by atoms with Crippen LogP contribution in [0, 0.1) is 5.92 Å². The Morgan fingerprint density at radius 2 is 1.76 bits per heavy atom. The van der Waals surface area contributed by atoms with Gasteiger partial charge >= 0.3 is 5.97 Å². The first-order chi connectivity index (χ1) is 15.8. The third-order valence-corrected chi connectivity index (χ3v) is 5.84. The van der Waals surface area contributed by atoms with Crippen LogP contribution in [0.15, 0.2) is 81.1 Å². The molecule has 1 aromatic heterocycles. The summed E-state index contributed by atoms with van der Waals surface area (Å²) in [7, 11) is 0. The lowest BCUT2D eigenvalue weighted by Crippen LogP contribution is -2.45. The second kappa shape index (κ2) is 11.6. The van der Waals surface area contributed by atoms with Gasteiger partial charge in [-0.1, -0.05) is 49.3 Å². The molecule has 0 aliphatic heterocycles. The summed E-state index contributed by atoms with van der Waals surface area (Å²) in [6, 6.07) is 16.8. The third kappa shape index (κ3) is 7.13. The first kappa shape index (κ1) is 24.4. The zero-order valence-electron chi connectivity index (χ0n) is 18.0. The summed E-state index contributed by atoms with van der Waals surface area (Å²) in [5.41, 5.74) is 0.588. The van der Waals surface area contributed by atoms with E-state index in [-0.39, 0.29) is 11.7 Å². The van der Waals surface area contributed by atoms with Gasteiger partial charge in [-0.15, -0.1) is 0 Å². The summed E-state index contributed by atoms with van der Waals surface area (Å²) in [6.07, 6.45) is 1.37. The summed E-state index contributed by atoms with van der Waals surface area (Å²) in [5, 5.41) is 5.99. The molecule has 9 heteroatoms. The lowest BCUT2D eigenvalue weighted by atomic mass is 10.0. The molecule has 1 atom stereocenters. The van der Waals surface area contributed by atoms with Gasteiger partial charge in [-0.3, -0.25) is 9.59 Å². The number of ether oxygens (including phenoxy) is 1. The number of carbonyl (C=O) groups excluding carboxylic acids is 3. The molecule has 33 heavy (non-hydrogen) atoms. The van der Waals surface area contributed by atoms with Gasteiger partial charge in [-0.05, 0) is 54.4 Å². The minimum atomic E-state index is -0.928. The fraction of sp³-hybridized carbons (Fsp3) is 0.208. The van der Waals surface area contributed by atoms with Crippen molar-refractivity contribution in [2.45, 2.75) is 29.7 Å². The van der Waals surface area contributed by atoms with Crippen molar-refractivity contribution in [3.05, 3.63) is 77.7 Å². The number of halogens is 1. The summed E-state index contributed by atoms with van der Waals surface area (Å²) < 4.78 is 10.2. The van der Waals surface area contributed by atoms with E-state index in [9.17, 15) is 14.4 Å². The molecule has 3 aromatic rings. The van der Waals surface area contributed by atoms with E-state index in [0.717, 1.165) is 9.79 Å². The van der Waals surface area contributed by atoms with Gasteiger partial charge in [0.15, 0.2) is 12.4 Å². The molecule has 0 saturated heterocycles. The van der Waals surface area contributed by atoms with E-state index >= 15 is 0 Å². The highest BCUT2D eigenvalue weighted by Gasteiger charge is 2.27. The molecule has 2 N–H and O–H groups in total. The number of nitrogens with one attached hydrogen (secondary N) is 2. The Morgan fingerprint density at radius 1 is 1.03 bits per heavy atom. The van der Waals surface area contributed by atoms with Crippen LogP contribution in [0.4, 0.5) is 5.69 Å². The van der Waals surface area contributed by atoms with Gasteiger partial charge in [0, 0.05) is 14.8 Å². The molecule has 0 aliphatic rings. The predicted molar refractivity (Wildman–Crippen MR) is 126 cm³/mol. The van der Waals surface area contributed by atoms with Crippen molar-refractivity contribution in [2.24, 2.45) is 5.92 Å². The zero-order valence-corrected chi connectivity index (χ0v) is 19.6. The average molecular weight is 487 g/mol. The number of rotatable bonds is 9. The van der Waals surface area contributed by atoms with Crippen LogP contribution >= 0.6 is 23.4 Å². The summed E-state index contributed by atoms with van der Waals surface area (Å²) >= 11 is 7.40. The van der Waals surface area contributed by atoms with E-state index < -0.39 is 30.4 Å². The Balaban J connectivity index is 1.57. The van der Waals surface area contributed by atoms with Gasteiger partial charge in [0.1, 0.15) is 6.04 Å². The second-order valence-electron chi connectivity index (χ2n) is 7.38. The Hall–Kier alpha value is -3.23. The molecule has 0 fully saturated rings. The first-order valence-electron chi connectivity index (χ1n) is 10.2. The molecule has 2 aromatic carbocycles. The molecule has 172 valence electrons. The van der Waals surface area contributed by atoms with Crippen LogP contribution in [0.25, 0.3) is 0 Å². The van der Waals surface area contributed by atoms with Gasteiger partial charge in [-0.2, -0.15) is 0 Å². The first-order valence-corrected chi connectivity index (χ1v) is 11.4. The highest BCUT2D eigenvalue weighted by molar-refractivity contribution is 7.99. The lowest BCUT2D eigenvalue weighted by Gasteiger charge is -2.20. The Kier molecular flexibility index (Phi) is 8.57. The van der Waals surface area contributed by atoms with Crippen LogP contribution in [0.3, 0.4) is 0 Å². The summed E-state index contributed by atoms with van der Waals surface area (Å²) in [6.45, 7) is 3.04. The highest BCUT2D eigenvalue weighted by atomic mass is 35.5. The Labute approximate surface area is 200 Å². The van der Waals surface area contributed by atoms with Crippen LogP contribution in [0.1, 0.15) is 24.4 Å². The number of para-hydroxylation sites is 1. The third-order valence-electron chi connectivity index (χ3n) is 4.50. The van der Waals surface area contributed by atoms with Gasteiger partial charge in [0.25, 0.3) is 11.8 Å². The minimum absolute atomic E-state index is 0.0842. The fourth-order valence-electron chi connectivity index (χ4n) is 2.82. The summed E-state index contributed by atoms with van der Waals surface area (Å²) in [5.74, 6) is -1.90. The van der Waals surface area contributed by atoms with Crippen molar-refractivity contribution in [3.63, 3.8) is 0 Å².